The maximum atomic E-state index is 5.47. The van der Waals surface area contributed by atoms with Crippen LogP contribution in [0.3, 0.4) is 0 Å². The van der Waals surface area contributed by atoms with E-state index in [-0.39, 0.29) is 0 Å². The van der Waals surface area contributed by atoms with E-state index in [1.165, 1.54) is 7.11 Å². The zero-order chi connectivity index (χ0) is 9.56. The van der Waals surface area contributed by atoms with Crippen LogP contribution in [0.4, 0.5) is 0 Å². The van der Waals surface area contributed by atoms with Crippen molar-refractivity contribution < 1.29 is 4.74 Å². The minimum absolute atomic E-state index is 0.481. The van der Waals surface area contributed by atoms with E-state index in [0.717, 1.165) is 0 Å². The van der Waals surface area contributed by atoms with Crippen LogP contribution in [0.2, 0.25) is 0 Å². The van der Waals surface area contributed by atoms with Gasteiger partial charge in [-0.1, -0.05) is 6.58 Å². The fourth-order valence-electron chi connectivity index (χ4n) is 0.616. The van der Waals surface area contributed by atoms with E-state index in [1.807, 2.05) is 0 Å². The Morgan fingerprint density at radius 2 is 2.25 bits per heavy atom. The summed E-state index contributed by atoms with van der Waals surface area (Å²) in [4.78, 5) is 0. The molecule has 0 fully saturated rings. The molecule has 0 saturated carbocycles. The molecule has 0 heterocycles. The number of nitrogens with two attached hydrogens (primary N) is 1. The third kappa shape index (κ3) is 3.65. The predicted octanol–water partition coefficient (Wildman–Crippen LogP) is 0.584. The topological polar surface area (TPSA) is 59.6 Å². The molecule has 0 amide bonds. The molecule has 0 bridgehead atoms. The molecule has 4 nitrogen and oxygen atoms in total. The standard InChI is InChI=1S/C8H15N3O/c1-6(9)5-8(11-10-3)7(2)12-4/h5,10H,2,9H2,1,3-4H3. The fourth-order valence-corrected chi connectivity index (χ4v) is 0.616. The van der Waals surface area contributed by atoms with Gasteiger partial charge in [-0.05, 0) is 13.0 Å². The van der Waals surface area contributed by atoms with Gasteiger partial charge in [0.1, 0.15) is 11.5 Å². The average Bonchev–Trinajstić information content (AvgIpc) is 2.01. The highest BCUT2D eigenvalue weighted by Crippen LogP contribution is 1.98. The maximum Gasteiger partial charge on any atom is 0.139 e. The van der Waals surface area contributed by atoms with E-state index < -0.39 is 0 Å². The number of hydrogen-bond donors (Lipinski definition) is 2. The summed E-state index contributed by atoms with van der Waals surface area (Å²) in [7, 11) is 3.23. The third-order valence-electron chi connectivity index (χ3n) is 1.13. The van der Waals surface area contributed by atoms with Crippen molar-refractivity contribution in [2.24, 2.45) is 10.8 Å². The Hall–Kier alpha value is -1.45. The van der Waals surface area contributed by atoms with Gasteiger partial charge in [0.05, 0.1) is 7.11 Å². The van der Waals surface area contributed by atoms with E-state index in [2.05, 4.69) is 17.1 Å². The lowest BCUT2D eigenvalue weighted by Gasteiger charge is -2.03. The monoisotopic (exact) mass is 169 g/mol. The lowest BCUT2D eigenvalue weighted by Crippen LogP contribution is -2.08. The fraction of sp³-hybridized carbons (Fsp3) is 0.375. The van der Waals surface area contributed by atoms with E-state index in [9.17, 15) is 0 Å². The molecule has 3 N–H and O–H groups in total. The second-order valence-electron chi connectivity index (χ2n) is 2.24. The lowest BCUT2D eigenvalue weighted by molar-refractivity contribution is 0.317. The third-order valence-corrected chi connectivity index (χ3v) is 1.13. The van der Waals surface area contributed by atoms with Crippen molar-refractivity contribution >= 4 is 5.71 Å². The number of methoxy groups -OCH3 is 1. The SMILES string of the molecule is C=C(OC)C(C=C(C)N)=NNC. The summed E-state index contributed by atoms with van der Waals surface area (Å²) in [6.07, 6.45) is 1.68. The normalized spacial score (nSPS) is 12.6. The Labute approximate surface area is 72.8 Å². The molecule has 0 aromatic heterocycles. The zero-order valence-electron chi connectivity index (χ0n) is 7.72. The molecule has 0 unspecified atom stereocenters. The summed E-state index contributed by atoms with van der Waals surface area (Å²) < 4.78 is 4.90. The number of nitrogens with zero attached hydrogens (tertiary/aromatic N) is 1. The van der Waals surface area contributed by atoms with Gasteiger partial charge in [0, 0.05) is 12.7 Å². The Kier molecular flexibility index (Phi) is 4.60. The van der Waals surface area contributed by atoms with Crippen molar-refractivity contribution in [1.82, 2.24) is 5.43 Å². The van der Waals surface area contributed by atoms with Crippen LogP contribution < -0.4 is 11.2 Å². The molecule has 0 aromatic rings. The van der Waals surface area contributed by atoms with Crippen molar-refractivity contribution in [3.05, 3.63) is 24.1 Å². The smallest absolute Gasteiger partial charge is 0.139 e. The Balaban J connectivity index is 4.57. The van der Waals surface area contributed by atoms with Crippen LogP contribution in [-0.2, 0) is 4.74 Å². The van der Waals surface area contributed by atoms with Crippen LogP contribution in [-0.4, -0.2) is 19.9 Å². The summed E-state index contributed by atoms with van der Waals surface area (Å²) in [5, 5.41) is 3.92. The second kappa shape index (κ2) is 5.23. The largest absolute Gasteiger partial charge is 0.495 e. The van der Waals surface area contributed by atoms with Gasteiger partial charge in [0.15, 0.2) is 0 Å². The first-order valence-corrected chi connectivity index (χ1v) is 3.53. The predicted molar refractivity (Wildman–Crippen MR) is 50.6 cm³/mol. The van der Waals surface area contributed by atoms with Crippen LogP contribution in [0.25, 0.3) is 0 Å². The van der Waals surface area contributed by atoms with Crippen LogP contribution in [0.1, 0.15) is 6.92 Å². The number of rotatable bonds is 4. The number of ether oxygens (including phenoxy) is 1. The molecule has 0 radical (unpaired) electrons. The molecule has 0 aliphatic heterocycles. The molecule has 0 saturated heterocycles. The highest BCUT2D eigenvalue weighted by Gasteiger charge is 2.00. The molecule has 68 valence electrons. The highest BCUT2D eigenvalue weighted by molar-refractivity contribution is 6.06. The molecule has 0 atom stereocenters. The van der Waals surface area contributed by atoms with E-state index >= 15 is 0 Å². The molecule has 0 aromatic carbocycles. The van der Waals surface area contributed by atoms with Gasteiger partial charge in [0.25, 0.3) is 0 Å². The first kappa shape index (κ1) is 10.6. The molecule has 0 aliphatic carbocycles. The van der Waals surface area contributed by atoms with Crippen LogP contribution in [0.5, 0.6) is 0 Å². The maximum absolute atomic E-state index is 5.47. The van der Waals surface area contributed by atoms with Crippen molar-refractivity contribution in [2.75, 3.05) is 14.2 Å². The summed E-state index contributed by atoms with van der Waals surface area (Å²) in [6, 6.07) is 0. The zero-order valence-corrected chi connectivity index (χ0v) is 7.72. The van der Waals surface area contributed by atoms with Gasteiger partial charge >= 0.3 is 0 Å². The van der Waals surface area contributed by atoms with Crippen LogP contribution in [0, 0.1) is 0 Å². The van der Waals surface area contributed by atoms with Gasteiger partial charge < -0.3 is 15.9 Å². The average molecular weight is 169 g/mol. The van der Waals surface area contributed by atoms with Crippen molar-refractivity contribution in [2.45, 2.75) is 6.92 Å². The van der Waals surface area contributed by atoms with Crippen molar-refractivity contribution in [1.29, 1.82) is 0 Å². The molecular formula is C8H15N3O. The minimum atomic E-state index is 0.481. The highest BCUT2D eigenvalue weighted by atomic mass is 16.5. The van der Waals surface area contributed by atoms with Crippen LogP contribution >= 0.6 is 0 Å². The second-order valence-corrected chi connectivity index (χ2v) is 2.24. The van der Waals surface area contributed by atoms with Gasteiger partial charge in [-0.25, -0.2) is 0 Å². The Morgan fingerprint density at radius 3 is 2.58 bits per heavy atom. The number of nitrogens with one attached hydrogen (secondary N) is 1. The first-order chi connectivity index (χ1) is 5.61. The summed E-state index contributed by atoms with van der Waals surface area (Å²) >= 11 is 0. The number of allylic oxidation sites excluding steroid dienone is 2. The molecule has 0 rings (SSSR count). The lowest BCUT2D eigenvalue weighted by atomic mass is 10.3. The first-order valence-electron chi connectivity index (χ1n) is 3.53. The van der Waals surface area contributed by atoms with Gasteiger partial charge in [-0.2, -0.15) is 5.10 Å². The molecule has 12 heavy (non-hydrogen) atoms. The Bertz CT molecular complexity index is 214. The minimum Gasteiger partial charge on any atom is -0.495 e. The Morgan fingerprint density at radius 1 is 1.67 bits per heavy atom. The summed E-state index contributed by atoms with van der Waals surface area (Å²) in [5.74, 6) is 0.481. The van der Waals surface area contributed by atoms with Crippen molar-refractivity contribution in [3.8, 4) is 0 Å². The van der Waals surface area contributed by atoms with E-state index in [4.69, 9.17) is 10.5 Å². The van der Waals surface area contributed by atoms with Gasteiger partial charge in [-0.3, -0.25) is 0 Å². The van der Waals surface area contributed by atoms with E-state index in [0.29, 0.717) is 17.2 Å². The molecular weight excluding hydrogens is 154 g/mol. The number of hydrazone groups is 1. The molecule has 0 spiro atoms. The molecule has 0 aliphatic rings. The molecule has 4 heteroatoms. The van der Waals surface area contributed by atoms with E-state index in [1.54, 1.807) is 20.0 Å². The summed E-state index contributed by atoms with van der Waals surface area (Å²) in [6.45, 7) is 5.42. The quantitative estimate of drug-likeness (QED) is 0.368. The summed E-state index contributed by atoms with van der Waals surface area (Å²) in [5.41, 5.74) is 9.36. The number of hydrogen-bond acceptors (Lipinski definition) is 4. The van der Waals surface area contributed by atoms with Gasteiger partial charge in [0.2, 0.25) is 0 Å². The van der Waals surface area contributed by atoms with Crippen molar-refractivity contribution in [3.63, 3.8) is 0 Å². The van der Waals surface area contributed by atoms with Crippen LogP contribution in [0.15, 0.2) is 29.2 Å². The van der Waals surface area contributed by atoms with Gasteiger partial charge in [-0.15, -0.1) is 0 Å².